The predicted octanol–water partition coefficient (Wildman–Crippen LogP) is 2.75. The maximum Gasteiger partial charge on any atom is 0.333 e. The van der Waals surface area contributed by atoms with Gasteiger partial charge in [0.1, 0.15) is 12.1 Å². The van der Waals surface area contributed by atoms with Crippen LogP contribution >= 0.6 is 0 Å². The van der Waals surface area contributed by atoms with Gasteiger partial charge in [-0.25, -0.2) is 9.86 Å². The minimum atomic E-state index is -1.29. The van der Waals surface area contributed by atoms with Crippen molar-refractivity contribution in [3.05, 3.63) is 29.8 Å². The van der Waals surface area contributed by atoms with Gasteiger partial charge in [0.05, 0.1) is 5.60 Å². The molecule has 0 radical (unpaired) electrons. The standard InChI is InChI=1S/C19H28N2O6/c1-18(2,3)26-15(23)11-20-14-9-7-13(8-10-14)16(17(24)25)21(12-22)27-19(4,5)6/h7-10,12,16,20H,11H2,1-6H3,(H,24,25). The van der Waals surface area contributed by atoms with Crippen LogP contribution in [0.25, 0.3) is 0 Å². The molecule has 1 amide bonds. The van der Waals surface area contributed by atoms with Crippen molar-refractivity contribution in [2.45, 2.75) is 58.8 Å². The van der Waals surface area contributed by atoms with Crippen molar-refractivity contribution in [3.8, 4) is 0 Å². The summed E-state index contributed by atoms with van der Waals surface area (Å²) in [6.45, 7) is 10.5. The van der Waals surface area contributed by atoms with E-state index in [1.54, 1.807) is 65.8 Å². The number of amides is 1. The topological polar surface area (TPSA) is 105 Å². The lowest BCUT2D eigenvalue weighted by molar-refractivity contribution is -0.236. The number of carbonyl (C=O) groups is 3. The first kappa shape index (κ1) is 22.4. The van der Waals surface area contributed by atoms with Crippen LogP contribution in [0.2, 0.25) is 0 Å². The Kier molecular flexibility index (Phi) is 7.36. The smallest absolute Gasteiger partial charge is 0.333 e. The Morgan fingerprint density at radius 3 is 2.07 bits per heavy atom. The summed E-state index contributed by atoms with van der Waals surface area (Å²) >= 11 is 0. The second-order valence-electron chi connectivity index (χ2n) is 7.97. The number of esters is 1. The zero-order valence-corrected chi connectivity index (χ0v) is 16.6. The molecule has 0 heterocycles. The van der Waals surface area contributed by atoms with E-state index in [1.807, 2.05) is 0 Å². The quantitative estimate of drug-likeness (QED) is 0.406. The number of carboxylic acids is 1. The second kappa shape index (κ2) is 8.85. The SMILES string of the molecule is CC(C)(C)OC(=O)CNc1ccc(C(C(=O)O)N(C=O)OC(C)(C)C)cc1. The van der Waals surface area contributed by atoms with Crippen LogP contribution in [0.5, 0.6) is 0 Å². The van der Waals surface area contributed by atoms with E-state index in [9.17, 15) is 19.5 Å². The number of carbonyl (C=O) groups excluding carboxylic acids is 2. The summed E-state index contributed by atoms with van der Waals surface area (Å²) in [5, 5.41) is 13.2. The lowest BCUT2D eigenvalue weighted by Crippen LogP contribution is -2.39. The van der Waals surface area contributed by atoms with Crippen LogP contribution in [0.1, 0.15) is 53.1 Å². The van der Waals surface area contributed by atoms with E-state index in [1.165, 1.54) is 0 Å². The molecule has 0 fully saturated rings. The van der Waals surface area contributed by atoms with Crippen molar-refractivity contribution in [1.29, 1.82) is 0 Å². The number of aliphatic carboxylic acids is 1. The highest BCUT2D eigenvalue weighted by Gasteiger charge is 2.31. The lowest BCUT2D eigenvalue weighted by atomic mass is 10.1. The maximum absolute atomic E-state index is 11.7. The first-order chi connectivity index (χ1) is 12.3. The highest BCUT2D eigenvalue weighted by Crippen LogP contribution is 2.25. The minimum absolute atomic E-state index is 0.0213. The Labute approximate surface area is 159 Å². The number of nitrogens with zero attached hydrogens (tertiary/aromatic N) is 1. The molecular formula is C19H28N2O6. The molecule has 0 bridgehead atoms. The van der Waals surface area contributed by atoms with Crippen LogP contribution in [0.4, 0.5) is 5.69 Å². The number of nitrogens with one attached hydrogen (secondary N) is 1. The Morgan fingerprint density at radius 2 is 1.67 bits per heavy atom. The van der Waals surface area contributed by atoms with Crippen molar-refractivity contribution >= 4 is 24.0 Å². The normalized spacial score (nSPS) is 12.8. The van der Waals surface area contributed by atoms with Crippen LogP contribution in [0, 0.1) is 0 Å². The van der Waals surface area contributed by atoms with Gasteiger partial charge in [-0.3, -0.25) is 14.4 Å². The zero-order chi connectivity index (χ0) is 20.8. The highest BCUT2D eigenvalue weighted by atomic mass is 16.7. The van der Waals surface area contributed by atoms with Gasteiger partial charge in [0.25, 0.3) is 0 Å². The van der Waals surface area contributed by atoms with Gasteiger partial charge >= 0.3 is 11.9 Å². The fourth-order valence-corrected chi connectivity index (χ4v) is 2.18. The minimum Gasteiger partial charge on any atom is -0.479 e. The van der Waals surface area contributed by atoms with E-state index < -0.39 is 29.2 Å². The van der Waals surface area contributed by atoms with Crippen molar-refractivity contribution in [1.82, 2.24) is 5.06 Å². The van der Waals surface area contributed by atoms with Crippen molar-refractivity contribution in [2.75, 3.05) is 11.9 Å². The first-order valence-corrected chi connectivity index (χ1v) is 8.53. The van der Waals surface area contributed by atoms with Crippen LogP contribution in [-0.4, -0.2) is 46.3 Å². The van der Waals surface area contributed by atoms with Crippen LogP contribution in [0.15, 0.2) is 24.3 Å². The number of ether oxygens (including phenoxy) is 1. The molecule has 0 spiro atoms. The molecule has 0 aromatic heterocycles. The molecule has 1 unspecified atom stereocenters. The van der Waals surface area contributed by atoms with Gasteiger partial charge in [0, 0.05) is 5.69 Å². The summed E-state index contributed by atoms with van der Waals surface area (Å²) < 4.78 is 5.20. The third-order valence-electron chi connectivity index (χ3n) is 3.05. The number of hydrogen-bond donors (Lipinski definition) is 2. The molecule has 27 heavy (non-hydrogen) atoms. The second-order valence-corrected chi connectivity index (χ2v) is 7.97. The molecule has 0 saturated carbocycles. The molecule has 1 atom stereocenters. The van der Waals surface area contributed by atoms with E-state index in [4.69, 9.17) is 9.57 Å². The number of hydroxylamine groups is 2. The van der Waals surface area contributed by atoms with Crippen molar-refractivity contribution in [3.63, 3.8) is 0 Å². The summed E-state index contributed by atoms with van der Waals surface area (Å²) in [6, 6.07) is 5.06. The van der Waals surface area contributed by atoms with Crippen molar-refractivity contribution < 1.29 is 29.1 Å². The summed E-state index contributed by atoms with van der Waals surface area (Å²) in [6.07, 6.45) is 0.346. The van der Waals surface area contributed by atoms with Gasteiger partial charge in [-0.05, 0) is 59.2 Å². The van der Waals surface area contributed by atoms with E-state index >= 15 is 0 Å². The molecule has 2 N–H and O–H groups in total. The Balaban J connectivity index is 2.86. The van der Waals surface area contributed by atoms with E-state index in [0.29, 0.717) is 17.7 Å². The van der Waals surface area contributed by atoms with Gasteiger partial charge < -0.3 is 15.2 Å². The third-order valence-corrected chi connectivity index (χ3v) is 3.05. The maximum atomic E-state index is 11.7. The van der Waals surface area contributed by atoms with E-state index in [-0.39, 0.29) is 6.54 Å². The fraction of sp³-hybridized carbons (Fsp3) is 0.526. The molecule has 1 aromatic carbocycles. The monoisotopic (exact) mass is 380 g/mol. The van der Waals surface area contributed by atoms with Gasteiger partial charge in [-0.15, -0.1) is 0 Å². The summed E-state index contributed by atoms with van der Waals surface area (Å²) in [5.41, 5.74) is -0.323. The third kappa shape index (κ3) is 8.08. The average molecular weight is 380 g/mol. The highest BCUT2D eigenvalue weighted by molar-refractivity contribution is 5.78. The molecule has 0 aliphatic carbocycles. The number of hydrogen-bond acceptors (Lipinski definition) is 6. The number of rotatable bonds is 8. The molecule has 0 saturated heterocycles. The summed E-state index contributed by atoms with van der Waals surface area (Å²) in [5.74, 6) is -1.62. The molecule has 0 aliphatic heterocycles. The molecule has 1 rings (SSSR count). The van der Waals surface area contributed by atoms with Crippen molar-refractivity contribution in [2.24, 2.45) is 0 Å². The van der Waals surface area contributed by atoms with Gasteiger partial charge in [-0.1, -0.05) is 12.1 Å². The van der Waals surface area contributed by atoms with Gasteiger partial charge in [0.2, 0.25) is 6.41 Å². The summed E-state index contributed by atoms with van der Waals surface area (Å²) in [7, 11) is 0. The molecule has 150 valence electrons. The molecular weight excluding hydrogens is 352 g/mol. The number of benzene rings is 1. The van der Waals surface area contributed by atoms with Crippen LogP contribution in [0.3, 0.4) is 0 Å². The molecule has 0 aliphatic rings. The zero-order valence-electron chi connectivity index (χ0n) is 16.6. The average Bonchev–Trinajstić information content (AvgIpc) is 2.50. The molecule has 1 aromatic rings. The molecule has 8 heteroatoms. The van der Waals surface area contributed by atoms with Crippen LogP contribution in [-0.2, 0) is 24.0 Å². The Bertz CT molecular complexity index is 658. The Hall–Kier alpha value is -2.61. The first-order valence-electron chi connectivity index (χ1n) is 8.53. The largest absolute Gasteiger partial charge is 0.479 e. The van der Waals surface area contributed by atoms with E-state index in [0.717, 1.165) is 5.06 Å². The lowest BCUT2D eigenvalue weighted by Gasteiger charge is -2.31. The fourth-order valence-electron chi connectivity index (χ4n) is 2.18. The summed E-state index contributed by atoms with van der Waals surface area (Å²) in [4.78, 5) is 40.2. The van der Waals surface area contributed by atoms with Gasteiger partial charge in [0.15, 0.2) is 6.04 Å². The number of carboxylic acid groups (broad SMARTS) is 1. The van der Waals surface area contributed by atoms with Gasteiger partial charge in [-0.2, -0.15) is 0 Å². The predicted molar refractivity (Wildman–Crippen MR) is 99.9 cm³/mol. The number of anilines is 1. The molecule has 8 nitrogen and oxygen atoms in total. The van der Waals surface area contributed by atoms with E-state index in [2.05, 4.69) is 5.32 Å². The Morgan fingerprint density at radius 1 is 1.11 bits per heavy atom. The van der Waals surface area contributed by atoms with Crippen LogP contribution < -0.4 is 5.32 Å².